The molecule has 34 heavy (non-hydrogen) atoms. The Kier molecular flexibility index (Phi) is 20.9. The molecule has 0 saturated carbocycles. The third-order valence-electron chi connectivity index (χ3n) is 4.31. The summed E-state index contributed by atoms with van der Waals surface area (Å²) in [5, 5.41) is 5.32. The summed E-state index contributed by atoms with van der Waals surface area (Å²) in [6, 6.07) is 54.3. The zero-order valence-electron chi connectivity index (χ0n) is 19.1. The van der Waals surface area contributed by atoms with Crippen LogP contribution in [0.5, 0.6) is 0 Å². The van der Waals surface area contributed by atoms with Gasteiger partial charge in [0.15, 0.2) is 0 Å². The van der Waals surface area contributed by atoms with Gasteiger partial charge >= 0.3 is 0 Å². The van der Waals surface area contributed by atoms with Crippen molar-refractivity contribution < 1.29 is 50.7 Å². The second-order valence-electron chi connectivity index (χ2n) is 6.46. The van der Waals surface area contributed by atoms with Gasteiger partial charge in [-0.2, -0.15) is 108 Å². The number of fused-ring (bicyclic) bond motifs is 2. The first kappa shape index (κ1) is 33.7. The summed E-state index contributed by atoms with van der Waals surface area (Å²) in [7, 11) is 0. The minimum Gasteiger partial charge on any atom is -1.00 e. The van der Waals surface area contributed by atoms with E-state index in [4.69, 9.17) is 0 Å². The molecule has 0 nitrogen and oxygen atoms in total. The number of rotatable bonds is 0. The van der Waals surface area contributed by atoms with Crippen LogP contribution < -0.4 is 24.8 Å². The maximum absolute atomic E-state index is 2.89. The largest absolute Gasteiger partial charge is 1.00 e. The van der Waals surface area contributed by atoms with Crippen molar-refractivity contribution in [3.63, 3.8) is 0 Å². The Morgan fingerprint density at radius 3 is 1.06 bits per heavy atom. The van der Waals surface area contributed by atoms with Crippen molar-refractivity contribution in [2.24, 2.45) is 0 Å². The zero-order chi connectivity index (χ0) is 20.7. The fraction of sp³-hybridized carbons (Fsp3) is 0. The molecule has 6 aromatic rings. The molecule has 6 rings (SSSR count). The van der Waals surface area contributed by atoms with Gasteiger partial charge in [-0.3, -0.25) is 0 Å². The Morgan fingerprint density at radius 2 is 0.794 bits per heavy atom. The predicted molar refractivity (Wildman–Crippen MR) is 136 cm³/mol. The second kappa shape index (κ2) is 21.1. The van der Waals surface area contributed by atoms with Crippen molar-refractivity contribution in [1.29, 1.82) is 0 Å². The van der Waals surface area contributed by atoms with Gasteiger partial charge in [-0.05, 0) is 0 Å². The van der Waals surface area contributed by atoms with Gasteiger partial charge in [-0.15, -0.1) is 59.3 Å². The molecule has 0 heterocycles. The third kappa shape index (κ3) is 12.7. The Labute approximate surface area is 236 Å². The molecular weight excluding hydrogens is 622 g/mol. The third-order valence-corrected chi connectivity index (χ3v) is 4.31. The van der Waals surface area contributed by atoms with Crippen molar-refractivity contribution in [2.45, 2.75) is 0 Å². The smallest absolute Gasteiger partial charge is 0 e. The van der Waals surface area contributed by atoms with Gasteiger partial charge in [0.25, 0.3) is 0 Å². The van der Waals surface area contributed by atoms with E-state index in [-0.39, 0.29) is 58.1 Å². The van der Waals surface area contributed by atoms with Crippen LogP contribution in [0.2, 0.25) is 0 Å². The monoisotopic (exact) mass is 649 g/mol. The first-order chi connectivity index (χ1) is 14.9. The molecule has 0 saturated heterocycles. The van der Waals surface area contributed by atoms with Crippen LogP contribution in [-0.2, 0) is 25.8 Å². The number of benzene rings is 4. The molecule has 0 unspecified atom stereocenters. The SMILES string of the molecule is [CH3-].[Cl-].[Cl-].[Hf].[c-]1ccccc1.[c-]1ccccc1.c1ccc2[cH-]ccc2c1.c1ccc2[cH-]ccc2c1. The molecule has 0 N–H and O–H groups in total. The quantitative estimate of drug-likeness (QED) is 0.176. The Morgan fingerprint density at radius 1 is 0.441 bits per heavy atom. The summed E-state index contributed by atoms with van der Waals surface area (Å²) in [6.07, 6.45) is 0. The molecule has 0 aliphatic heterocycles. The summed E-state index contributed by atoms with van der Waals surface area (Å²) in [6.45, 7) is 0. The van der Waals surface area contributed by atoms with Gasteiger partial charge in [0.05, 0.1) is 0 Å². The van der Waals surface area contributed by atoms with Crippen LogP contribution in [0.15, 0.2) is 146 Å². The molecule has 0 aromatic heterocycles. The van der Waals surface area contributed by atoms with Crippen molar-refractivity contribution in [3.8, 4) is 0 Å². The van der Waals surface area contributed by atoms with Gasteiger partial charge in [-0.25, -0.2) is 0 Å². The van der Waals surface area contributed by atoms with E-state index in [9.17, 15) is 0 Å². The van der Waals surface area contributed by atoms with Gasteiger partial charge < -0.3 is 32.2 Å². The van der Waals surface area contributed by atoms with E-state index in [1.165, 1.54) is 21.5 Å². The molecule has 0 atom stereocenters. The predicted octanol–water partition coefficient (Wildman–Crippen LogP) is 2.55. The normalized spacial score (nSPS) is 8.24. The average molecular weight is 649 g/mol. The van der Waals surface area contributed by atoms with Gasteiger partial charge in [0.1, 0.15) is 0 Å². The Balaban J connectivity index is 0. The topological polar surface area (TPSA) is 0 Å². The average Bonchev–Trinajstić information content (AvgIpc) is 3.52. The molecule has 0 aliphatic rings. The van der Waals surface area contributed by atoms with Gasteiger partial charge in [0.2, 0.25) is 0 Å². The van der Waals surface area contributed by atoms with Crippen LogP contribution in [0.3, 0.4) is 0 Å². The van der Waals surface area contributed by atoms with E-state index in [0.29, 0.717) is 0 Å². The zero-order valence-corrected chi connectivity index (χ0v) is 24.2. The molecule has 0 bridgehead atoms. The molecule has 0 aliphatic carbocycles. The molecular formula is C31H27Cl2Hf-7. The molecule has 0 amide bonds. The molecule has 3 heteroatoms. The maximum atomic E-state index is 2.89. The van der Waals surface area contributed by atoms with E-state index in [1.54, 1.807) is 0 Å². The van der Waals surface area contributed by atoms with Gasteiger partial charge in [0, 0.05) is 25.8 Å². The van der Waals surface area contributed by atoms with Crippen molar-refractivity contribution in [3.05, 3.63) is 165 Å². The van der Waals surface area contributed by atoms with E-state index in [0.717, 1.165) is 0 Å². The van der Waals surface area contributed by atoms with E-state index in [1.807, 2.05) is 60.7 Å². The summed E-state index contributed by atoms with van der Waals surface area (Å²) in [4.78, 5) is 0. The van der Waals surface area contributed by atoms with Crippen LogP contribution in [0.1, 0.15) is 0 Å². The first-order valence-electron chi connectivity index (χ1n) is 9.96. The second-order valence-corrected chi connectivity index (χ2v) is 6.46. The minimum atomic E-state index is 0. The minimum absolute atomic E-state index is 0. The molecule has 0 radical (unpaired) electrons. The molecule has 6 aromatic carbocycles. The first-order valence-corrected chi connectivity index (χ1v) is 9.96. The van der Waals surface area contributed by atoms with Gasteiger partial charge in [-0.1, -0.05) is 12.1 Å². The summed E-state index contributed by atoms with van der Waals surface area (Å²) >= 11 is 0. The molecule has 176 valence electrons. The number of hydrogen-bond acceptors (Lipinski definition) is 0. The molecule has 0 spiro atoms. The van der Waals surface area contributed by atoms with Crippen LogP contribution in [0, 0.1) is 19.6 Å². The fourth-order valence-electron chi connectivity index (χ4n) is 2.82. The van der Waals surface area contributed by atoms with Crippen LogP contribution in [-0.4, -0.2) is 0 Å². The number of halogens is 2. The summed E-state index contributed by atoms with van der Waals surface area (Å²) in [5.41, 5.74) is 0. The van der Waals surface area contributed by atoms with Crippen molar-refractivity contribution in [1.82, 2.24) is 0 Å². The van der Waals surface area contributed by atoms with Crippen molar-refractivity contribution in [2.75, 3.05) is 0 Å². The summed E-state index contributed by atoms with van der Waals surface area (Å²) in [5.74, 6) is 0. The summed E-state index contributed by atoms with van der Waals surface area (Å²) < 4.78 is 0. The van der Waals surface area contributed by atoms with Crippen LogP contribution in [0.4, 0.5) is 0 Å². The van der Waals surface area contributed by atoms with E-state index < -0.39 is 0 Å². The fourth-order valence-corrected chi connectivity index (χ4v) is 2.82. The van der Waals surface area contributed by atoms with E-state index >= 15 is 0 Å². The van der Waals surface area contributed by atoms with Crippen molar-refractivity contribution >= 4 is 21.5 Å². The van der Waals surface area contributed by atoms with Crippen LogP contribution >= 0.6 is 0 Å². The Bertz CT molecular complexity index is 984. The van der Waals surface area contributed by atoms with Crippen LogP contribution in [0.25, 0.3) is 21.5 Å². The molecule has 0 fully saturated rings. The Hall–Kier alpha value is -2.45. The number of hydrogen-bond donors (Lipinski definition) is 0. The standard InChI is InChI=1S/2C9H7.2C6H5.CH3.2ClH.Hf/c2*1-2-5-9-7-3-6-8(9)4-1;2*1-2-4-6-5-3-1;;;;/h2*1-7H;2*1-5H;1H3;2*1H;/q5*-1;;;/p-2. The maximum Gasteiger partial charge on any atom is 0 e. The van der Waals surface area contributed by atoms with E-state index in [2.05, 4.69) is 97.1 Å².